The molecule has 6 nitrogen and oxygen atoms in total. The highest BCUT2D eigenvalue weighted by Gasteiger charge is 2.26. The van der Waals surface area contributed by atoms with E-state index in [1.165, 1.54) is 12.1 Å². The van der Waals surface area contributed by atoms with Gasteiger partial charge in [-0.05, 0) is 61.1 Å². The van der Waals surface area contributed by atoms with Crippen molar-refractivity contribution >= 4 is 23.2 Å². The first-order valence-corrected chi connectivity index (χ1v) is 12.1. The van der Waals surface area contributed by atoms with Gasteiger partial charge in [0.1, 0.15) is 5.82 Å². The van der Waals surface area contributed by atoms with Crippen molar-refractivity contribution in [2.75, 3.05) is 31.1 Å². The number of nitrogens with one attached hydrogen (secondary N) is 1. The number of anilines is 1. The van der Waals surface area contributed by atoms with Gasteiger partial charge in [0, 0.05) is 43.7 Å². The smallest absolute Gasteiger partial charge is 0.267 e. The Morgan fingerprint density at radius 1 is 1.03 bits per heavy atom. The molecule has 1 saturated heterocycles. The van der Waals surface area contributed by atoms with Gasteiger partial charge in [-0.2, -0.15) is 5.10 Å². The molecule has 0 radical (unpaired) electrons. The normalized spacial score (nSPS) is 15.8. The van der Waals surface area contributed by atoms with Crippen molar-refractivity contribution in [2.24, 2.45) is 0 Å². The van der Waals surface area contributed by atoms with Crippen molar-refractivity contribution in [3.8, 4) is 0 Å². The average molecular weight is 481 g/mol. The van der Waals surface area contributed by atoms with Crippen molar-refractivity contribution in [1.29, 1.82) is 0 Å². The molecule has 0 unspecified atom stereocenters. The van der Waals surface area contributed by atoms with Crippen LogP contribution in [0.15, 0.2) is 47.3 Å². The van der Waals surface area contributed by atoms with E-state index < -0.39 is 5.82 Å². The number of H-pyrrole nitrogens is 1. The topological polar surface area (TPSA) is 69.3 Å². The van der Waals surface area contributed by atoms with Crippen LogP contribution in [0.4, 0.5) is 10.1 Å². The monoisotopic (exact) mass is 480 g/mol. The van der Waals surface area contributed by atoms with Gasteiger partial charge in [-0.15, -0.1) is 0 Å². The number of hydrogen-bond acceptors (Lipinski definition) is 4. The predicted molar refractivity (Wildman–Crippen MR) is 130 cm³/mol. The Hall–Kier alpha value is -3.19. The molecule has 1 N–H and O–H groups in total. The van der Waals surface area contributed by atoms with Crippen molar-refractivity contribution in [3.63, 3.8) is 0 Å². The maximum atomic E-state index is 14.2. The van der Waals surface area contributed by atoms with Gasteiger partial charge < -0.3 is 9.80 Å². The lowest BCUT2D eigenvalue weighted by Gasteiger charge is -2.36. The summed E-state index contributed by atoms with van der Waals surface area (Å²) in [7, 11) is 0. The number of amides is 1. The van der Waals surface area contributed by atoms with Gasteiger partial charge >= 0.3 is 0 Å². The molecule has 176 valence electrons. The Labute approximate surface area is 202 Å². The number of carbonyl (C=O) groups is 1. The molecule has 8 heteroatoms. The number of halogens is 2. The van der Waals surface area contributed by atoms with E-state index >= 15 is 0 Å². The standard InChI is InChI=1S/C26H26ClFN4O2/c27-22-7-3-4-8-24(22)31-11-13-32(14-12-31)26(34)21-16-18(28)10-9-17(21)15-23-19-5-1-2-6-20(19)25(33)30-29-23/h3-4,7-10,16H,1-2,5-6,11-15H2,(H,30,33). The van der Waals surface area contributed by atoms with E-state index in [-0.39, 0.29) is 11.5 Å². The third kappa shape index (κ3) is 4.44. The van der Waals surface area contributed by atoms with E-state index in [2.05, 4.69) is 15.1 Å². The third-order valence-corrected chi connectivity index (χ3v) is 7.12. The second-order valence-corrected chi connectivity index (χ2v) is 9.28. The largest absolute Gasteiger partial charge is 0.367 e. The summed E-state index contributed by atoms with van der Waals surface area (Å²) in [5.74, 6) is -0.634. The molecule has 0 atom stereocenters. The van der Waals surface area contributed by atoms with Gasteiger partial charge in [-0.1, -0.05) is 29.8 Å². The number of para-hydroxylation sites is 1. The van der Waals surface area contributed by atoms with Crippen molar-refractivity contribution in [1.82, 2.24) is 15.1 Å². The van der Waals surface area contributed by atoms with Crippen LogP contribution in [0, 0.1) is 5.82 Å². The van der Waals surface area contributed by atoms with Gasteiger partial charge in [0.2, 0.25) is 0 Å². The quantitative estimate of drug-likeness (QED) is 0.613. The Morgan fingerprint density at radius 2 is 1.76 bits per heavy atom. The lowest BCUT2D eigenvalue weighted by Crippen LogP contribution is -2.49. The number of benzene rings is 2. The summed E-state index contributed by atoms with van der Waals surface area (Å²) in [4.78, 5) is 29.6. The molecule has 1 fully saturated rings. The fraction of sp³-hybridized carbons (Fsp3) is 0.346. The van der Waals surface area contributed by atoms with Gasteiger partial charge in [-0.3, -0.25) is 9.59 Å². The van der Waals surface area contributed by atoms with Crippen LogP contribution in [0.1, 0.15) is 45.6 Å². The second-order valence-electron chi connectivity index (χ2n) is 8.87. The summed E-state index contributed by atoms with van der Waals surface area (Å²) in [6.07, 6.45) is 3.91. The Kier molecular flexibility index (Phi) is 6.37. The Balaban J connectivity index is 1.37. The van der Waals surface area contributed by atoms with Crippen molar-refractivity contribution in [2.45, 2.75) is 32.1 Å². The molecule has 5 rings (SSSR count). The molecule has 0 spiro atoms. The second kappa shape index (κ2) is 9.58. The lowest BCUT2D eigenvalue weighted by atomic mass is 9.89. The van der Waals surface area contributed by atoms with E-state index in [4.69, 9.17) is 11.6 Å². The zero-order valence-electron chi connectivity index (χ0n) is 18.8. The summed E-state index contributed by atoms with van der Waals surface area (Å²) in [5, 5.41) is 7.59. The van der Waals surface area contributed by atoms with E-state index in [1.54, 1.807) is 11.0 Å². The maximum absolute atomic E-state index is 14.2. The first kappa shape index (κ1) is 22.6. The average Bonchev–Trinajstić information content (AvgIpc) is 2.87. The van der Waals surface area contributed by atoms with E-state index in [0.717, 1.165) is 48.2 Å². The summed E-state index contributed by atoms with van der Waals surface area (Å²) in [6, 6.07) is 12.0. The van der Waals surface area contributed by atoms with E-state index in [9.17, 15) is 14.0 Å². The van der Waals surface area contributed by atoms with Crippen LogP contribution >= 0.6 is 11.6 Å². The maximum Gasteiger partial charge on any atom is 0.267 e. The summed E-state index contributed by atoms with van der Waals surface area (Å²) < 4.78 is 14.2. The molecule has 34 heavy (non-hydrogen) atoms. The highest BCUT2D eigenvalue weighted by atomic mass is 35.5. The van der Waals surface area contributed by atoms with Gasteiger partial charge in [-0.25, -0.2) is 9.49 Å². The van der Waals surface area contributed by atoms with Crippen LogP contribution in [-0.4, -0.2) is 47.2 Å². The number of nitrogens with zero attached hydrogens (tertiary/aromatic N) is 3. The van der Waals surface area contributed by atoms with E-state index in [0.29, 0.717) is 48.7 Å². The fourth-order valence-electron chi connectivity index (χ4n) is 4.99. The van der Waals surface area contributed by atoms with Crippen LogP contribution in [0.3, 0.4) is 0 Å². The summed E-state index contributed by atoms with van der Waals surface area (Å²) in [6.45, 7) is 2.34. The minimum atomic E-state index is -0.446. The minimum absolute atomic E-state index is 0.134. The number of piperazine rings is 1. The van der Waals surface area contributed by atoms with Crippen molar-refractivity contribution in [3.05, 3.63) is 91.6 Å². The lowest BCUT2D eigenvalue weighted by molar-refractivity contribution is 0.0745. The number of aromatic amines is 1. The highest BCUT2D eigenvalue weighted by Crippen LogP contribution is 2.27. The predicted octanol–water partition coefficient (Wildman–Crippen LogP) is 3.99. The molecular formula is C26H26ClFN4O2. The molecule has 2 heterocycles. The number of carbonyl (C=O) groups excluding carboxylic acids is 1. The van der Waals surface area contributed by atoms with Crippen LogP contribution < -0.4 is 10.5 Å². The van der Waals surface area contributed by atoms with Crippen LogP contribution in [-0.2, 0) is 19.3 Å². The zero-order chi connectivity index (χ0) is 23.7. The fourth-order valence-corrected chi connectivity index (χ4v) is 5.24. The number of fused-ring (bicyclic) bond motifs is 1. The van der Waals surface area contributed by atoms with Crippen LogP contribution in [0.2, 0.25) is 5.02 Å². The SMILES string of the molecule is O=C(c1cc(F)ccc1Cc1n[nH]c(=O)c2c1CCCC2)N1CCN(c2ccccc2Cl)CC1. The number of hydrogen-bond donors (Lipinski definition) is 1. The molecule has 2 aliphatic rings. The molecule has 2 aromatic carbocycles. The molecule has 3 aromatic rings. The zero-order valence-corrected chi connectivity index (χ0v) is 19.6. The van der Waals surface area contributed by atoms with Crippen LogP contribution in [0.25, 0.3) is 0 Å². The van der Waals surface area contributed by atoms with Gasteiger partial charge in [0.05, 0.1) is 16.4 Å². The third-order valence-electron chi connectivity index (χ3n) is 6.80. The highest BCUT2D eigenvalue weighted by molar-refractivity contribution is 6.33. The molecular weight excluding hydrogens is 455 g/mol. The molecule has 1 aliphatic carbocycles. The van der Waals surface area contributed by atoms with E-state index in [1.807, 2.05) is 24.3 Å². The first-order valence-electron chi connectivity index (χ1n) is 11.7. The Morgan fingerprint density at radius 3 is 2.53 bits per heavy atom. The molecule has 0 saturated carbocycles. The molecule has 1 aliphatic heterocycles. The molecule has 0 bridgehead atoms. The Bertz CT molecular complexity index is 1280. The first-order chi connectivity index (χ1) is 16.5. The summed E-state index contributed by atoms with van der Waals surface area (Å²) in [5.41, 5.74) is 4.42. The van der Waals surface area contributed by atoms with Crippen LogP contribution in [0.5, 0.6) is 0 Å². The van der Waals surface area contributed by atoms with Gasteiger partial charge in [0.15, 0.2) is 0 Å². The number of rotatable bonds is 4. The summed E-state index contributed by atoms with van der Waals surface area (Å²) >= 11 is 6.34. The van der Waals surface area contributed by atoms with Crippen molar-refractivity contribution < 1.29 is 9.18 Å². The molecule has 1 amide bonds. The van der Waals surface area contributed by atoms with Gasteiger partial charge in [0.25, 0.3) is 11.5 Å². The minimum Gasteiger partial charge on any atom is -0.367 e. The molecule has 1 aromatic heterocycles. The number of aromatic nitrogens is 2.